The Morgan fingerprint density at radius 1 is 1.07 bits per heavy atom. The zero-order chi connectivity index (χ0) is 18.2. The van der Waals surface area contributed by atoms with E-state index >= 15 is 0 Å². The van der Waals surface area contributed by atoms with Crippen LogP contribution in [0, 0.1) is 11.8 Å². The molecule has 4 heteroatoms. The Hall–Kier alpha value is -1.84. The lowest BCUT2D eigenvalue weighted by atomic mass is 9.85. The molecular weight excluding hydrogens is 356 g/mol. The first-order valence-electron chi connectivity index (χ1n) is 9.81. The van der Waals surface area contributed by atoms with Crippen LogP contribution in [0.3, 0.4) is 0 Å². The summed E-state index contributed by atoms with van der Waals surface area (Å²) >= 11 is 0. The maximum Gasteiger partial charge on any atom is 0.220 e. The van der Waals surface area contributed by atoms with Crippen molar-refractivity contribution in [3.05, 3.63) is 71.8 Å². The SMILES string of the molecule is CC(CC(=O)NCC(c1ccccc1)c1ccccc1)C1CCCNC1.Cl. The quantitative estimate of drug-likeness (QED) is 0.741. The van der Waals surface area contributed by atoms with Crippen molar-refractivity contribution in [2.45, 2.75) is 32.1 Å². The molecule has 2 aromatic rings. The van der Waals surface area contributed by atoms with Crippen molar-refractivity contribution in [2.75, 3.05) is 19.6 Å². The molecule has 2 unspecified atom stereocenters. The minimum absolute atomic E-state index is 0. The van der Waals surface area contributed by atoms with Gasteiger partial charge in [-0.1, -0.05) is 67.6 Å². The molecule has 2 aromatic carbocycles. The molecule has 0 radical (unpaired) electrons. The third-order valence-corrected chi connectivity index (χ3v) is 5.55. The summed E-state index contributed by atoms with van der Waals surface area (Å²) in [4.78, 5) is 12.5. The van der Waals surface area contributed by atoms with Crippen molar-refractivity contribution in [3.8, 4) is 0 Å². The number of halogens is 1. The van der Waals surface area contributed by atoms with Gasteiger partial charge in [0.2, 0.25) is 5.91 Å². The van der Waals surface area contributed by atoms with Crippen LogP contribution in [-0.4, -0.2) is 25.5 Å². The van der Waals surface area contributed by atoms with Crippen molar-refractivity contribution in [3.63, 3.8) is 0 Å². The fraction of sp³-hybridized carbons (Fsp3) is 0.435. The monoisotopic (exact) mass is 386 g/mol. The summed E-state index contributed by atoms with van der Waals surface area (Å²) < 4.78 is 0. The highest BCUT2D eigenvalue weighted by Gasteiger charge is 2.22. The zero-order valence-corrected chi connectivity index (χ0v) is 16.9. The number of rotatable bonds is 7. The molecule has 1 fully saturated rings. The van der Waals surface area contributed by atoms with E-state index in [1.54, 1.807) is 0 Å². The smallest absolute Gasteiger partial charge is 0.220 e. The Morgan fingerprint density at radius 3 is 2.19 bits per heavy atom. The second kappa shape index (κ2) is 11.1. The Balaban J connectivity index is 0.00000261. The van der Waals surface area contributed by atoms with Crippen LogP contribution in [0.15, 0.2) is 60.7 Å². The van der Waals surface area contributed by atoms with Gasteiger partial charge in [-0.15, -0.1) is 12.4 Å². The Kier molecular flexibility index (Phi) is 8.83. The fourth-order valence-corrected chi connectivity index (χ4v) is 3.91. The van der Waals surface area contributed by atoms with E-state index in [1.165, 1.54) is 24.0 Å². The van der Waals surface area contributed by atoms with Crippen molar-refractivity contribution in [2.24, 2.45) is 11.8 Å². The van der Waals surface area contributed by atoms with E-state index in [1.807, 2.05) is 12.1 Å². The summed E-state index contributed by atoms with van der Waals surface area (Å²) in [5.74, 6) is 1.40. The molecule has 1 saturated heterocycles. The molecule has 3 rings (SSSR count). The van der Waals surface area contributed by atoms with Gasteiger partial charge in [-0.2, -0.15) is 0 Å². The molecular formula is C23H31ClN2O. The topological polar surface area (TPSA) is 41.1 Å². The Morgan fingerprint density at radius 2 is 1.67 bits per heavy atom. The summed E-state index contributed by atoms with van der Waals surface area (Å²) in [6.45, 7) is 5.02. The maximum atomic E-state index is 12.5. The minimum Gasteiger partial charge on any atom is -0.355 e. The molecule has 2 N–H and O–H groups in total. The predicted molar refractivity (Wildman–Crippen MR) is 114 cm³/mol. The number of carbonyl (C=O) groups excluding carboxylic acids is 1. The van der Waals surface area contributed by atoms with Gasteiger partial charge >= 0.3 is 0 Å². The zero-order valence-electron chi connectivity index (χ0n) is 16.1. The molecule has 146 valence electrons. The summed E-state index contributed by atoms with van der Waals surface area (Å²) in [5, 5.41) is 6.64. The van der Waals surface area contributed by atoms with Crippen LogP contribution in [-0.2, 0) is 4.79 Å². The Bertz CT molecular complexity index is 632. The van der Waals surface area contributed by atoms with E-state index in [9.17, 15) is 4.79 Å². The minimum atomic E-state index is 0. The lowest BCUT2D eigenvalue weighted by Gasteiger charge is -2.28. The lowest BCUT2D eigenvalue weighted by molar-refractivity contribution is -0.122. The predicted octanol–water partition coefficient (Wildman–Crippen LogP) is 4.38. The normalized spacial score (nSPS) is 17.8. The first-order chi connectivity index (χ1) is 12.7. The molecule has 1 aliphatic rings. The van der Waals surface area contributed by atoms with Gasteiger partial charge in [0, 0.05) is 18.9 Å². The molecule has 1 heterocycles. The number of hydrogen-bond acceptors (Lipinski definition) is 2. The summed E-state index contributed by atoms with van der Waals surface area (Å²) in [5.41, 5.74) is 2.48. The Labute approximate surface area is 169 Å². The first kappa shape index (κ1) is 21.5. The van der Waals surface area contributed by atoms with Crippen molar-refractivity contribution in [1.29, 1.82) is 0 Å². The third kappa shape index (κ3) is 6.37. The van der Waals surface area contributed by atoms with E-state index in [4.69, 9.17) is 0 Å². The average molecular weight is 387 g/mol. The van der Waals surface area contributed by atoms with Crippen LogP contribution in [0.25, 0.3) is 0 Å². The fourth-order valence-electron chi connectivity index (χ4n) is 3.91. The second-order valence-corrected chi connectivity index (χ2v) is 7.47. The number of benzene rings is 2. The van der Waals surface area contributed by atoms with Crippen LogP contribution in [0.5, 0.6) is 0 Å². The number of piperidine rings is 1. The van der Waals surface area contributed by atoms with Gasteiger partial charge in [-0.25, -0.2) is 0 Å². The number of hydrogen-bond donors (Lipinski definition) is 2. The van der Waals surface area contributed by atoms with E-state index in [-0.39, 0.29) is 24.2 Å². The van der Waals surface area contributed by atoms with Crippen LogP contribution in [0.2, 0.25) is 0 Å². The van der Waals surface area contributed by atoms with E-state index in [0.29, 0.717) is 24.8 Å². The van der Waals surface area contributed by atoms with Gasteiger partial charge < -0.3 is 10.6 Å². The largest absolute Gasteiger partial charge is 0.355 e. The van der Waals surface area contributed by atoms with E-state index < -0.39 is 0 Å². The number of carbonyl (C=O) groups is 1. The molecule has 0 aliphatic carbocycles. The summed E-state index contributed by atoms with van der Waals surface area (Å²) in [7, 11) is 0. The van der Waals surface area contributed by atoms with Crippen LogP contribution in [0.1, 0.15) is 43.2 Å². The highest BCUT2D eigenvalue weighted by atomic mass is 35.5. The number of nitrogens with one attached hydrogen (secondary N) is 2. The van der Waals surface area contributed by atoms with Gasteiger partial charge in [-0.3, -0.25) is 4.79 Å². The van der Waals surface area contributed by atoms with Gasteiger partial charge in [0.15, 0.2) is 0 Å². The van der Waals surface area contributed by atoms with Gasteiger partial charge in [-0.05, 0) is 48.9 Å². The second-order valence-electron chi connectivity index (χ2n) is 7.47. The van der Waals surface area contributed by atoms with E-state index in [0.717, 1.165) is 13.1 Å². The highest BCUT2D eigenvalue weighted by Crippen LogP contribution is 2.25. The van der Waals surface area contributed by atoms with Gasteiger partial charge in [0.1, 0.15) is 0 Å². The van der Waals surface area contributed by atoms with Gasteiger partial charge in [0.05, 0.1) is 0 Å². The molecule has 2 atom stereocenters. The molecule has 0 aromatic heterocycles. The summed E-state index contributed by atoms with van der Waals surface area (Å²) in [6.07, 6.45) is 3.07. The van der Waals surface area contributed by atoms with Gasteiger partial charge in [0.25, 0.3) is 0 Å². The van der Waals surface area contributed by atoms with Crippen molar-refractivity contribution in [1.82, 2.24) is 10.6 Å². The van der Waals surface area contributed by atoms with E-state index in [2.05, 4.69) is 66.1 Å². The van der Waals surface area contributed by atoms with Crippen molar-refractivity contribution < 1.29 is 4.79 Å². The lowest BCUT2D eigenvalue weighted by Crippen LogP contribution is -2.36. The summed E-state index contributed by atoms with van der Waals surface area (Å²) in [6, 6.07) is 20.9. The van der Waals surface area contributed by atoms with Crippen molar-refractivity contribution >= 4 is 18.3 Å². The third-order valence-electron chi connectivity index (χ3n) is 5.55. The average Bonchev–Trinajstić information content (AvgIpc) is 2.70. The molecule has 1 amide bonds. The standard InChI is InChI=1S/C23H30N2O.ClH/c1-18(21-13-8-14-24-16-21)15-23(26)25-17-22(19-9-4-2-5-10-19)20-11-6-3-7-12-20;/h2-7,9-12,18,21-22,24H,8,13-17H2,1H3,(H,25,26);1H. The number of amides is 1. The first-order valence-corrected chi connectivity index (χ1v) is 9.81. The molecule has 27 heavy (non-hydrogen) atoms. The molecule has 0 spiro atoms. The molecule has 0 bridgehead atoms. The highest BCUT2D eigenvalue weighted by molar-refractivity contribution is 5.85. The van der Waals surface area contributed by atoms with Crippen LogP contribution in [0.4, 0.5) is 0 Å². The maximum absolute atomic E-state index is 12.5. The van der Waals surface area contributed by atoms with Crippen LogP contribution >= 0.6 is 12.4 Å². The molecule has 0 saturated carbocycles. The molecule has 3 nitrogen and oxygen atoms in total. The molecule has 1 aliphatic heterocycles. The van der Waals surface area contributed by atoms with Crippen LogP contribution < -0.4 is 10.6 Å².